The van der Waals surface area contributed by atoms with Gasteiger partial charge in [-0.15, -0.1) is 11.3 Å². The Labute approximate surface area is 168 Å². The van der Waals surface area contributed by atoms with Crippen molar-refractivity contribution in [3.63, 3.8) is 0 Å². The summed E-state index contributed by atoms with van der Waals surface area (Å²) in [5.41, 5.74) is 2.04. The minimum absolute atomic E-state index is 0.221. The van der Waals surface area contributed by atoms with Gasteiger partial charge in [0, 0.05) is 44.6 Å². The largest absolute Gasteiger partial charge is 0.354 e. The zero-order valence-corrected chi connectivity index (χ0v) is 16.4. The molecule has 0 radical (unpaired) electrons. The van der Waals surface area contributed by atoms with Crippen LogP contribution in [0.25, 0.3) is 0 Å². The molecular weight excluding hydrogens is 370 g/mol. The van der Waals surface area contributed by atoms with Gasteiger partial charge in [0.1, 0.15) is 5.82 Å². The summed E-state index contributed by atoms with van der Waals surface area (Å²) in [5.74, 6) is 1.05. The molecule has 0 unspecified atom stereocenters. The third kappa shape index (κ3) is 4.88. The summed E-state index contributed by atoms with van der Waals surface area (Å²) in [6.07, 6.45) is 1.85. The van der Waals surface area contributed by atoms with Crippen LogP contribution in [-0.2, 0) is 6.54 Å². The van der Waals surface area contributed by atoms with E-state index in [2.05, 4.69) is 43.6 Å². The average Bonchev–Trinajstić information content (AvgIpc) is 3.24. The summed E-state index contributed by atoms with van der Waals surface area (Å²) in [5, 5.41) is 8.45. The summed E-state index contributed by atoms with van der Waals surface area (Å²) in [6.45, 7) is 4.91. The molecule has 144 valence electrons. The van der Waals surface area contributed by atoms with Gasteiger partial charge in [0.2, 0.25) is 0 Å². The lowest BCUT2D eigenvalue weighted by atomic mass is 10.1. The topological polar surface area (TPSA) is 60.5 Å². The average molecular weight is 394 g/mol. The predicted molar refractivity (Wildman–Crippen MR) is 115 cm³/mol. The Bertz CT molecular complexity index is 875. The van der Waals surface area contributed by atoms with Gasteiger partial charge in [-0.3, -0.25) is 10.2 Å². The van der Waals surface area contributed by atoms with Gasteiger partial charge in [0.25, 0.3) is 0 Å². The summed E-state index contributed by atoms with van der Waals surface area (Å²) in [7, 11) is 0. The molecule has 3 heterocycles. The van der Waals surface area contributed by atoms with Crippen LogP contribution < -0.4 is 15.5 Å². The summed E-state index contributed by atoms with van der Waals surface area (Å²) < 4.78 is 0. The molecule has 0 aliphatic carbocycles. The second-order valence-electron chi connectivity index (χ2n) is 6.70. The van der Waals surface area contributed by atoms with Gasteiger partial charge in [-0.1, -0.05) is 18.2 Å². The fraction of sp³-hybridized carbons (Fsp3) is 0.238. The SMILES string of the molecule is O=C(Nc1ccc(CN2CCN(c3ccccn3)CC2)cc1)Nc1cccs1. The molecule has 7 heteroatoms. The van der Waals surface area contributed by atoms with Crippen LogP contribution in [0.5, 0.6) is 0 Å². The number of hydrogen-bond acceptors (Lipinski definition) is 5. The van der Waals surface area contributed by atoms with Crippen LogP contribution in [-0.4, -0.2) is 42.1 Å². The van der Waals surface area contributed by atoms with E-state index in [1.54, 1.807) is 0 Å². The lowest BCUT2D eigenvalue weighted by Crippen LogP contribution is -2.46. The van der Waals surface area contributed by atoms with Crippen LogP contribution in [0, 0.1) is 0 Å². The fourth-order valence-corrected chi connectivity index (χ4v) is 3.86. The highest BCUT2D eigenvalue weighted by Crippen LogP contribution is 2.17. The predicted octanol–water partition coefficient (Wildman–Crippen LogP) is 4.11. The van der Waals surface area contributed by atoms with E-state index in [0.29, 0.717) is 0 Å². The minimum Gasteiger partial charge on any atom is -0.354 e. The minimum atomic E-state index is -0.221. The van der Waals surface area contributed by atoms with E-state index in [0.717, 1.165) is 49.2 Å². The molecule has 1 saturated heterocycles. The molecule has 2 aromatic heterocycles. The van der Waals surface area contributed by atoms with Crippen molar-refractivity contribution in [1.82, 2.24) is 9.88 Å². The van der Waals surface area contributed by atoms with Crippen molar-refractivity contribution in [2.24, 2.45) is 0 Å². The number of thiophene rings is 1. The van der Waals surface area contributed by atoms with Crippen molar-refractivity contribution in [3.8, 4) is 0 Å². The zero-order chi connectivity index (χ0) is 19.2. The maximum atomic E-state index is 12.0. The van der Waals surface area contributed by atoms with E-state index in [4.69, 9.17) is 0 Å². The van der Waals surface area contributed by atoms with Crippen molar-refractivity contribution >= 4 is 33.9 Å². The normalized spacial score (nSPS) is 14.6. The highest BCUT2D eigenvalue weighted by atomic mass is 32.1. The third-order valence-corrected chi connectivity index (χ3v) is 5.51. The van der Waals surface area contributed by atoms with Gasteiger partial charge < -0.3 is 10.2 Å². The Kier molecular flexibility index (Phi) is 5.84. The molecule has 4 rings (SSSR count). The Hall–Kier alpha value is -2.90. The number of carbonyl (C=O) groups excluding carboxylic acids is 1. The van der Waals surface area contributed by atoms with Gasteiger partial charge in [0.05, 0.1) is 5.00 Å². The number of pyridine rings is 1. The number of urea groups is 1. The zero-order valence-electron chi connectivity index (χ0n) is 15.5. The Morgan fingerprint density at radius 1 is 0.964 bits per heavy atom. The van der Waals surface area contributed by atoms with E-state index in [1.165, 1.54) is 16.9 Å². The van der Waals surface area contributed by atoms with Crippen molar-refractivity contribution in [2.75, 3.05) is 41.7 Å². The monoisotopic (exact) mass is 393 g/mol. The van der Waals surface area contributed by atoms with Gasteiger partial charge >= 0.3 is 6.03 Å². The number of anilines is 3. The molecule has 3 aromatic rings. The molecule has 0 spiro atoms. The van der Waals surface area contributed by atoms with Crippen molar-refractivity contribution in [2.45, 2.75) is 6.54 Å². The maximum Gasteiger partial charge on any atom is 0.324 e. The second-order valence-corrected chi connectivity index (χ2v) is 7.65. The summed E-state index contributed by atoms with van der Waals surface area (Å²) in [4.78, 5) is 21.2. The van der Waals surface area contributed by atoms with Crippen molar-refractivity contribution < 1.29 is 4.79 Å². The van der Waals surface area contributed by atoms with Crippen LogP contribution >= 0.6 is 11.3 Å². The molecule has 28 heavy (non-hydrogen) atoms. The number of rotatable bonds is 5. The first-order chi connectivity index (χ1) is 13.8. The number of benzene rings is 1. The first kappa shape index (κ1) is 18.5. The van der Waals surface area contributed by atoms with Crippen molar-refractivity contribution in [1.29, 1.82) is 0 Å². The smallest absolute Gasteiger partial charge is 0.324 e. The lowest BCUT2D eigenvalue weighted by molar-refractivity contribution is 0.249. The molecule has 0 bridgehead atoms. The van der Waals surface area contributed by atoms with Crippen molar-refractivity contribution in [3.05, 3.63) is 71.7 Å². The quantitative estimate of drug-likeness (QED) is 0.685. The number of piperazine rings is 1. The number of nitrogens with zero attached hydrogens (tertiary/aromatic N) is 3. The fourth-order valence-electron chi connectivity index (χ4n) is 3.25. The number of hydrogen-bond donors (Lipinski definition) is 2. The van der Waals surface area contributed by atoms with E-state index in [9.17, 15) is 4.79 Å². The van der Waals surface area contributed by atoms with E-state index in [-0.39, 0.29) is 6.03 Å². The molecule has 1 aliphatic heterocycles. The van der Waals surface area contributed by atoms with Crippen LogP contribution in [0.1, 0.15) is 5.56 Å². The van der Waals surface area contributed by atoms with Gasteiger partial charge in [-0.25, -0.2) is 9.78 Å². The molecule has 0 atom stereocenters. The first-order valence-corrected chi connectivity index (χ1v) is 10.2. The number of nitrogens with one attached hydrogen (secondary N) is 2. The molecule has 1 fully saturated rings. The Balaban J connectivity index is 1.25. The van der Waals surface area contributed by atoms with Gasteiger partial charge in [-0.2, -0.15) is 0 Å². The van der Waals surface area contributed by atoms with Crippen LogP contribution in [0.3, 0.4) is 0 Å². The number of carbonyl (C=O) groups is 1. The maximum absolute atomic E-state index is 12.0. The molecule has 6 nitrogen and oxygen atoms in total. The molecule has 2 N–H and O–H groups in total. The van der Waals surface area contributed by atoms with Gasteiger partial charge in [-0.05, 0) is 47.3 Å². The Morgan fingerprint density at radius 2 is 1.79 bits per heavy atom. The molecule has 1 aliphatic rings. The molecule has 0 saturated carbocycles. The van der Waals surface area contributed by atoms with E-state index >= 15 is 0 Å². The van der Waals surface area contributed by atoms with Crippen LogP contribution in [0.2, 0.25) is 0 Å². The lowest BCUT2D eigenvalue weighted by Gasteiger charge is -2.35. The van der Waals surface area contributed by atoms with E-state index < -0.39 is 0 Å². The van der Waals surface area contributed by atoms with Crippen LogP contribution in [0.15, 0.2) is 66.2 Å². The Morgan fingerprint density at radius 3 is 2.46 bits per heavy atom. The summed E-state index contributed by atoms with van der Waals surface area (Å²) in [6, 6.07) is 17.7. The van der Waals surface area contributed by atoms with Crippen LogP contribution in [0.4, 0.5) is 21.3 Å². The number of amides is 2. The third-order valence-electron chi connectivity index (χ3n) is 4.72. The molecule has 2 amide bonds. The first-order valence-electron chi connectivity index (χ1n) is 9.35. The van der Waals surface area contributed by atoms with E-state index in [1.807, 2.05) is 48.0 Å². The highest BCUT2D eigenvalue weighted by molar-refractivity contribution is 7.14. The second kappa shape index (κ2) is 8.86. The molecule has 1 aromatic carbocycles. The number of aromatic nitrogens is 1. The highest BCUT2D eigenvalue weighted by Gasteiger charge is 2.17. The molecular formula is C21H23N5OS. The summed E-state index contributed by atoms with van der Waals surface area (Å²) >= 11 is 1.50. The van der Waals surface area contributed by atoms with Gasteiger partial charge in [0.15, 0.2) is 0 Å². The standard InChI is InChI=1S/C21H23N5OS/c27-21(24-20-5-3-15-28-20)23-18-8-6-17(7-9-18)16-25-11-13-26(14-12-25)19-4-1-2-10-22-19/h1-10,15H,11-14,16H2,(H2,23,24,27).